The van der Waals surface area contributed by atoms with Crippen LogP contribution >= 0.6 is 27.5 Å². The monoisotopic (exact) mass is 371 g/mol. The van der Waals surface area contributed by atoms with Crippen molar-refractivity contribution < 1.29 is 9.13 Å². The number of benzene rings is 2. The molecular formula is C16H16BrClFNO. The smallest absolute Gasteiger partial charge is 0.141 e. The van der Waals surface area contributed by atoms with Gasteiger partial charge >= 0.3 is 0 Å². The van der Waals surface area contributed by atoms with E-state index in [2.05, 4.69) is 15.9 Å². The van der Waals surface area contributed by atoms with Crippen LogP contribution in [0.5, 0.6) is 5.75 Å². The highest BCUT2D eigenvalue weighted by molar-refractivity contribution is 9.10. The van der Waals surface area contributed by atoms with Gasteiger partial charge in [-0.3, -0.25) is 0 Å². The van der Waals surface area contributed by atoms with Gasteiger partial charge in [-0.1, -0.05) is 33.6 Å². The van der Waals surface area contributed by atoms with Gasteiger partial charge in [0.15, 0.2) is 0 Å². The molecule has 2 aromatic carbocycles. The lowest BCUT2D eigenvalue weighted by Gasteiger charge is -2.14. The van der Waals surface area contributed by atoms with Crippen LogP contribution in [0.4, 0.5) is 4.39 Å². The Labute approximate surface area is 137 Å². The van der Waals surface area contributed by atoms with Gasteiger partial charge < -0.3 is 10.5 Å². The van der Waals surface area contributed by atoms with Crippen LogP contribution in [0.15, 0.2) is 40.9 Å². The summed E-state index contributed by atoms with van der Waals surface area (Å²) in [5.41, 5.74) is 7.71. The minimum Gasteiger partial charge on any atom is -0.489 e. The largest absolute Gasteiger partial charge is 0.489 e. The molecule has 0 spiro atoms. The van der Waals surface area contributed by atoms with Crippen LogP contribution in [0.2, 0.25) is 5.02 Å². The van der Waals surface area contributed by atoms with Crippen molar-refractivity contribution in [2.45, 2.75) is 26.0 Å². The maximum Gasteiger partial charge on any atom is 0.141 e. The van der Waals surface area contributed by atoms with Gasteiger partial charge in [0, 0.05) is 10.5 Å². The van der Waals surface area contributed by atoms with E-state index in [4.69, 9.17) is 22.1 Å². The van der Waals surface area contributed by atoms with Crippen LogP contribution in [0.25, 0.3) is 0 Å². The number of halogens is 3. The molecule has 2 nitrogen and oxygen atoms in total. The summed E-state index contributed by atoms with van der Waals surface area (Å²) >= 11 is 9.21. The topological polar surface area (TPSA) is 35.2 Å². The lowest BCUT2D eigenvalue weighted by Crippen LogP contribution is -2.18. The third kappa shape index (κ3) is 4.70. The Morgan fingerprint density at radius 1 is 1.29 bits per heavy atom. The van der Waals surface area contributed by atoms with E-state index in [9.17, 15) is 4.39 Å². The fourth-order valence-corrected chi connectivity index (χ4v) is 2.60. The molecule has 0 saturated carbocycles. The lowest BCUT2D eigenvalue weighted by atomic mass is 10.1. The first-order valence-corrected chi connectivity index (χ1v) is 7.73. The van der Waals surface area contributed by atoms with E-state index < -0.39 is 5.82 Å². The Kier molecular flexibility index (Phi) is 5.62. The minimum atomic E-state index is -0.429. The molecule has 0 saturated heterocycles. The van der Waals surface area contributed by atoms with Gasteiger partial charge in [-0.2, -0.15) is 0 Å². The molecule has 0 aromatic heterocycles. The van der Waals surface area contributed by atoms with Gasteiger partial charge in [0.2, 0.25) is 0 Å². The van der Waals surface area contributed by atoms with Crippen molar-refractivity contribution in [1.29, 1.82) is 0 Å². The number of hydrogen-bond acceptors (Lipinski definition) is 2. The summed E-state index contributed by atoms with van der Waals surface area (Å²) in [5, 5.41) is 0.0997. The highest BCUT2D eigenvalue weighted by Crippen LogP contribution is 2.26. The van der Waals surface area contributed by atoms with E-state index in [0.29, 0.717) is 6.61 Å². The van der Waals surface area contributed by atoms with Gasteiger partial charge in [-0.15, -0.1) is 0 Å². The van der Waals surface area contributed by atoms with Crippen molar-refractivity contribution in [3.05, 3.63) is 62.8 Å². The number of nitrogens with two attached hydrogens (primary N) is 1. The summed E-state index contributed by atoms with van der Waals surface area (Å²) in [6.07, 6.45) is 0.721. The van der Waals surface area contributed by atoms with Crippen LogP contribution in [0.3, 0.4) is 0 Å². The Bertz CT molecular complexity index is 634. The summed E-state index contributed by atoms with van der Waals surface area (Å²) in [6, 6.07) is 10.4. The minimum absolute atomic E-state index is 0.0434. The standard InChI is InChI=1S/C16H16BrClFNO/c1-10(20)6-12-8-13(17)3-5-16(12)21-9-11-2-4-15(19)14(18)7-11/h2-5,7-8,10H,6,9,20H2,1H3. The summed E-state index contributed by atoms with van der Waals surface area (Å²) in [6.45, 7) is 2.28. The van der Waals surface area contributed by atoms with Crippen molar-refractivity contribution >= 4 is 27.5 Å². The SMILES string of the molecule is CC(N)Cc1cc(Br)ccc1OCc1ccc(F)c(Cl)c1. The average molecular weight is 373 g/mol. The van der Waals surface area contributed by atoms with E-state index in [1.165, 1.54) is 6.07 Å². The van der Waals surface area contributed by atoms with Crippen molar-refractivity contribution in [3.8, 4) is 5.75 Å². The van der Waals surface area contributed by atoms with Crippen LogP contribution in [0, 0.1) is 5.82 Å². The molecule has 0 heterocycles. The first-order chi connectivity index (χ1) is 9.95. The number of rotatable bonds is 5. The number of ether oxygens (including phenoxy) is 1. The third-order valence-electron chi connectivity index (χ3n) is 2.94. The zero-order valence-corrected chi connectivity index (χ0v) is 13.9. The lowest BCUT2D eigenvalue weighted by molar-refractivity contribution is 0.302. The molecule has 1 unspecified atom stereocenters. The first kappa shape index (κ1) is 16.3. The zero-order valence-electron chi connectivity index (χ0n) is 11.6. The Morgan fingerprint density at radius 3 is 2.71 bits per heavy atom. The molecule has 0 aliphatic carbocycles. The summed E-state index contributed by atoms with van der Waals surface area (Å²) in [5.74, 6) is 0.345. The molecule has 2 N–H and O–H groups in total. The fraction of sp³-hybridized carbons (Fsp3) is 0.250. The zero-order chi connectivity index (χ0) is 15.4. The first-order valence-electron chi connectivity index (χ1n) is 6.56. The fourth-order valence-electron chi connectivity index (χ4n) is 1.99. The molecule has 0 fully saturated rings. The van der Waals surface area contributed by atoms with Gasteiger partial charge in [0.1, 0.15) is 18.2 Å². The second kappa shape index (κ2) is 7.25. The van der Waals surface area contributed by atoms with Crippen LogP contribution < -0.4 is 10.5 Å². The molecule has 0 aliphatic heterocycles. The Morgan fingerprint density at radius 2 is 2.05 bits per heavy atom. The highest BCUT2D eigenvalue weighted by Gasteiger charge is 2.08. The molecule has 21 heavy (non-hydrogen) atoms. The molecule has 2 rings (SSSR count). The summed E-state index contributed by atoms with van der Waals surface area (Å²) in [7, 11) is 0. The normalized spacial score (nSPS) is 12.2. The van der Waals surface area contributed by atoms with Crippen molar-refractivity contribution in [2.24, 2.45) is 5.73 Å². The number of hydrogen-bond donors (Lipinski definition) is 1. The van der Waals surface area contributed by atoms with Gasteiger partial charge in [-0.05, 0) is 54.8 Å². The van der Waals surface area contributed by atoms with Gasteiger partial charge in [0.05, 0.1) is 5.02 Å². The second-order valence-electron chi connectivity index (χ2n) is 4.97. The molecule has 0 amide bonds. The van der Waals surface area contributed by atoms with E-state index in [0.717, 1.165) is 27.8 Å². The second-order valence-corrected chi connectivity index (χ2v) is 6.29. The maximum atomic E-state index is 13.1. The highest BCUT2D eigenvalue weighted by atomic mass is 79.9. The predicted octanol–water partition coefficient (Wildman–Crippen LogP) is 4.71. The van der Waals surface area contributed by atoms with Gasteiger partial charge in [0.25, 0.3) is 0 Å². The van der Waals surface area contributed by atoms with E-state index in [1.54, 1.807) is 12.1 Å². The molecule has 2 aromatic rings. The summed E-state index contributed by atoms with van der Waals surface area (Å²) in [4.78, 5) is 0. The van der Waals surface area contributed by atoms with Crippen LogP contribution in [0.1, 0.15) is 18.1 Å². The molecule has 5 heteroatoms. The molecule has 112 valence electrons. The molecule has 0 radical (unpaired) electrons. The molecule has 1 atom stereocenters. The molecule has 0 aliphatic rings. The average Bonchev–Trinajstić information content (AvgIpc) is 2.41. The maximum absolute atomic E-state index is 13.1. The molecular weight excluding hydrogens is 357 g/mol. The Hall–Kier alpha value is -1.10. The summed E-state index contributed by atoms with van der Waals surface area (Å²) < 4.78 is 19.9. The van der Waals surface area contributed by atoms with Crippen LogP contribution in [-0.4, -0.2) is 6.04 Å². The van der Waals surface area contributed by atoms with Crippen molar-refractivity contribution in [1.82, 2.24) is 0 Å². The van der Waals surface area contributed by atoms with Crippen molar-refractivity contribution in [2.75, 3.05) is 0 Å². The van der Waals surface area contributed by atoms with Crippen LogP contribution in [-0.2, 0) is 13.0 Å². The van der Waals surface area contributed by atoms with E-state index in [1.807, 2.05) is 25.1 Å². The predicted molar refractivity (Wildman–Crippen MR) is 87.2 cm³/mol. The van der Waals surface area contributed by atoms with E-state index >= 15 is 0 Å². The third-order valence-corrected chi connectivity index (χ3v) is 3.73. The molecule has 0 bridgehead atoms. The quantitative estimate of drug-likeness (QED) is 0.825. The van der Waals surface area contributed by atoms with Gasteiger partial charge in [-0.25, -0.2) is 4.39 Å². The van der Waals surface area contributed by atoms with Crippen molar-refractivity contribution in [3.63, 3.8) is 0 Å². The van der Waals surface area contributed by atoms with E-state index in [-0.39, 0.29) is 11.1 Å². The Balaban J connectivity index is 2.13.